The van der Waals surface area contributed by atoms with Gasteiger partial charge in [-0.25, -0.2) is 0 Å². The van der Waals surface area contributed by atoms with Crippen LogP contribution < -0.4 is 0 Å². The predicted octanol–water partition coefficient (Wildman–Crippen LogP) is 2.19. The Hall–Kier alpha value is -1.11. The van der Waals surface area contributed by atoms with Crippen molar-refractivity contribution in [2.24, 2.45) is 11.3 Å². The highest BCUT2D eigenvalue weighted by Crippen LogP contribution is 2.44. The van der Waals surface area contributed by atoms with Gasteiger partial charge >= 0.3 is 5.97 Å². The molecule has 1 saturated carbocycles. The highest BCUT2D eigenvalue weighted by Gasteiger charge is 2.58. The van der Waals surface area contributed by atoms with E-state index in [1.807, 2.05) is 10.9 Å². The van der Waals surface area contributed by atoms with E-state index in [0.717, 1.165) is 32.7 Å². The van der Waals surface area contributed by atoms with E-state index in [1.165, 1.54) is 32.1 Å². The number of nitrogens with zero attached hydrogens (tertiary/aromatic N) is 4. The summed E-state index contributed by atoms with van der Waals surface area (Å²) >= 11 is 5.91. The van der Waals surface area contributed by atoms with E-state index < -0.39 is 11.4 Å². The Kier molecular flexibility index (Phi) is 4.77. The number of likely N-dealkylation sites (tertiary alicyclic amines) is 2. The molecule has 0 bridgehead atoms. The van der Waals surface area contributed by atoms with Crippen LogP contribution in [0.2, 0.25) is 5.02 Å². The van der Waals surface area contributed by atoms with Crippen LogP contribution in [-0.4, -0.2) is 69.4 Å². The second-order valence-corrected chi connectivity index (χ2v) is 8.47. The summed E-state index contributed by atoms with van der Waals surface area (Å²) in [5.74, 6) is -0.367. The van der Waals surface area contributed by atoms with Crippen molar-refractivity contribution < 1.29 is 9.90 Å². The van der Waals surface area contributed by atoms with Crippen molar-refractivity contribution in [3.05, 3.63) is 17.4 Å². The Morgan fingerprint density at radius 2 is 2.04 bits per heavy atom. The number of carbonyl (C=O) groups is 1. The van der Waals surface area contributed by atoms with Crippen LogP contribution >= 0.6 is 11.6 Å². The van der Waals surface area contributed by atoms with Crippen LogP contribution in [0.25, 0.3) is 0 Å². The normalized spacial score (nSPS) is 31.5. The standard InChI is InChI=1S/C18H27ClN4O2/c19-15-8-20-23(11-15)7-6-21-9-14-10-22(16-4-2-1-3-5-16)13-18(14,12-21)17(24)25/h8,11,14,16H,1-7,9-10,12-13H2,(H,24,25)/t14-,18-/m0/s1. The van der Waals surface area contributed by atoms with Gasteiger partial charge in [-0.05, 0) is 12.8 Å². The minimum Gasteiger partial charge on any atom is -0.481 e. The van der Waals surface area contributed by atoms with Gasteiger partial charge in [0.1, 0.15) is 0 Å². The maximum absolute atomic E-state index is 12.2. The van der Waals surface area contributed by atoms with Crippen LogP contribution in [0.15, 0.2) is 12.4 Å². The summed E-state index contributed by atoms with van der Waals surface area (Å²) in [6.07, 6.45) is 9.87. The van der Waals surface area contributed by atoms with E-state index in [2.05, 4.69) is 14.9 Å². The van der Waals surface area contributed by atoms with E-state index in [9.17, 15) is 9.90 Å². The van der Waals surface area contributed by atoms with Crippen LogP contribution in [0.3, 0.4) is 0 Å². The van der Waals surface area contributed by atoms with Crippen molar-refractivity contribution in [2.75, 3.05) is 32.7 Å². The second kappa shape index (κ2) is 6.89. The average molecular weight is 367 g/mol. The minimum atomic E-state index is -0.611. The van der Waals surface area contributed by atoms with Crippen molar-refractivity contribution in [2.45, 2.75) is 44.7 Å². The maximum atomic E-state index is 12.2. The smallest absolute Gasteiger partial charge is 0.312 e. The number of halogens is 1. The second-order valence-electron chi connectivity index (χ2n) is 8.04. The van der Waals surface area contributed by atoms with Crippen LogP contribution in [-0.2, 0) is 11.3 Å². The Bertz CT molecular complexity index is 630. The van der Waals surface area contributed by atoms with Crippen molar-refractivity contribution >= 4 is 17.6 Å². The third kappa shape index (κ3) is 3.32. The third-order valence-corrected chi connectivity index (χ3v) is 6.67. The van der Waals surface area contributed by atoms with Gasteiger partial charge in [0.05, 0.1) is 23.2 Å². The van der Waals surface area contributed by atoms with Crippen molar-refractivity contribution in [3.8, 4) is 0 Å². The Balaban J connectivity index is 1.39. The number of carboxylic acid groups (broad SMARTS) is 1. The van der Waals surface area contributed by atoms with Crippen LogP contribution in [0.1, 0.15) is 32.1 Å². The highest BCUT2D eigenvalue weighted by molar-refractivity contribution is 6.30. The summed E-state index contributed by atoms with van der Waals surface area (Å²) < 4.78 is 1.83. The largest absolute Gasteiger partial charge is 0.481 e. The zero-order chi connectivity index (χ0) is 17.4. The summed E-state index contributed by atoms with van der Waals surface area (Å²) in [6, 6.07) is 0.607. The highest BCUT2D eigenvalue weighted by atomic mass is 35.5. The summed E-state index contributed by atoms with van der Waals surface area (Å²) in [5.41, 5.74) is -0.584. The van der Waals surface area contributed by atoms with Crippen LogP contribution in [0.4, 0.5) is 0 Å². The molecule has 7 heteroatoms. The van der Waals surface area contributed by atoms with E-state index in [-0.39, 0.29) is 5.92 Å². The maximum Gasteiger partial charge on any atom is 0.312 e. The SMILES string of the molecule is O=C(O)[C@]12CN(CCn3cc(Cl)cn3)C[C@H]1CN(C1CCCCC1)C2. The molecule has 3 heterocycles. The Labute approximate surface area is 153 Å². The third-order valence-electron chi connectivity index (χ3n) is 6.47. The predicted molar refractivity (Wildman–Crippen MR) is 95.7 cm³/mol. The van der Waals surface area contributed by atoms with E-state index in [1.54, 1.807) is 6.20 Å². The fraction of sp³-hybridized carbons (Fsp3) is 0.778. The van der Waals surface area contributed by atoms with Gasteiger partial charge in [0.15, 0.2) is 0 Å². The molecular weight excluding hydrogens is 340 g/mol. The van der Waals surface area contributed by atoms with Gasteiger partial charge in [-0.3, -0.25) is 19.3 Å². The number of hydrogen-bond acceptors (Lipinski definition) is 4. The zero-order valence-corrected chi connectivity index (χ0v) is 15.4. The molecule has 3 aliphatic rings. The van der Waals surface area contributed by atoms with Crippen molar-refractivity contribution in [1.29, 1.82) is 0 Å². The number of carboxylic acids is 1. The monoisotopic (exact) mass is 366 g/mol. The van der Waals surface area contributed by atoms with E-state index >= 15 is 0 Å². The fourth-order valence-corrected chi connectivity index (χ4v) is 5.27. The molecule has 138 valence electrons. The van der Waals surface area contributed by atoms with Gasteiger partial charge in [-0.2, -0.15) is 5.10 Å². The first-order chi connectivity index (χ1) is 12.1. The van der Waals surface area contributed by atoms with E-state index in [4.69, 9.17) is 11.6 Å². The van der Waals surface area contributed by atoms with E-state index in [0.29, 0.717) is 17.6 Å². The molecule has 2 saturated heterocycles. The summed E-state index contributed by atoms with van der Waals surface area (Å²) in [7, 11) is 0. The molecule has 0 unspecified atom stereocenters. The molecule has 0 radical (unpaired) electrons. The fourth-order valence-electron chi connectivity index (χ4n) is 5.11. The summed E-state index contributed by atoms with van der Waals surface area (Å²) in [4.78, 5) is 17.0. The van der Waals surface area contributed by atoms with Gasteiger partial charge < -0.3 is 5.11 Å². The molecule has 0 spiro atoms. The number of aliphatic carboxylic acids is 1. The number of fused-ring (bicyclic) bond motifs is 1. The number of rotatable bonds is 5. The average Bonchev–Trinajstić information content (AvgIpc) is 3.26. The molecule has 1 N–H and O–H groups in total. The first-order valence-corrected chi connectivity index (χ1v) is 9.82. The number of aromatic nitrogens is 2. The molecule has 1 aromatic rings. The van der Waals surface area contributed by atoms with Gasteiger partial charge in [-0.1, -0.05) is 30.9 Å². The Morgan fingerprint density at radius 3 is 2.68 bits per heavy atom. The van der Waals surface area contributed by atoms with Gasteiger partial charge in [0.2, 0.25) is 0 Å². The van der Waals surface area contributed by atoms with Gasteiger partial charge in [0.25, 0.3) is 0 Å². The first-order valence-electron chi connectivity index (χ1n) is 9.44. The topological polar surface area (TPSA) is 61.6 Å². The van der Waals surface area contributed by atoms with Crippen molar-refractivity contribution in [3.63, 3.8) is 0 Å². The molecule has 3 fully saturated rings. The zero-order valence-electron chi connectivity index (χ0n) is 14.6. The van der Waals surface area contributed by atoms with Crippen LogP contribution in [0, 0.1) is 11.3 Å². The molecule has 25 heavy (non-hydrogen) atoms. The summed E-state index contributed by atoms with van der Waals surface area (Å²) in [5, 5.41) is 14.9. The lowest BCUT2D eigenvalue weighted by molar-refractivity contribution is -0.149. The lowest BCUT2D eigenvalue weighted by atomic mass is 9.81. The quantitative estimate of drug-likeness (QED) is 0.865. The molecule has 1 aliphatic carbocycles. The molecule has 0 aromatic carbocycles. The lowest BCUT2D eigenvalue weighted by Gasteiger charge is -2.33. The van der Waals surface area contributed by atoms with Gasteiger partial charge in [0, 0.05) is 50.9 Å². The molecule has 2 aliphatic heterocycles. The summed E-state index contributed by atoms with van der Waals surface area (Å²) in [6.45, 7) is 4.78. The molecule has 0 amide bonds. The molecule has 1 aromatic heterocycles. The molecule has 6 nitrogen and oxygen atoms in total. The Morgan fingerprint density at radius 1 is 1.24 bits per heavy atom. The first kappa shape index (κ1) is 17.3. The minimum absolute atomic E-state index is 0.244. The van der Waals surface area contributed by atoms with Crippen LogP contribution in [0.5, 0.6) is 0 Å². The van der Waals surface area contributed by atoms with Gasteiger partial charge in [-0.15, -0.1) is 0 Å². The molecular formula is C18H27ClN4O2. The van der Waals surface area contributed by atoms with Crippen molar-refractivity contribution in [1.82, 2.24) is 19.6 Å². The lowest BCUT2D eigenvalue weighted by Crippen LogP contribution is -2.43. The molecule has 2 atom stereocenters. The molecule has 4 rings (SSSR count). The number of hydrogen-bond donors (Lipinski definition) is 1.